The summed E-state index contributed by atoms with van der Waals surface area (Å²) in [6, 6.07) is 1.01. The van der Waals surface area contributed by atoms with E-state index in [1.165, 1.54) is 0 Å². The number of aryl methyl sites for hydroxylation is 2. The molecule has 4 amide bonds. The zero-order valence-electron chi connectivity index (χ0n) is 12.7. The van der Waals surface area contributed by atoms with E-state index in [0.29, 0.717) is 29.9 Å². The molecular formula is C15H19N3O4. The zero-order valence-corrected chi connectivity index (χ0v) is 12.7. The van der Waals surface area contributed by atoms with E-state index in [1.54, 1.807) is 19.9 Å². The van der Waals surface area contributed by atoms with Crippen LogP contribution in [0, 0.1) is 13.8 Å². The number of hydrazine groups is 1. The largest absolute Gasteiger partial charge is 0.466 e. The minimum Gasteiger partial charge on any atom is -0.466 e. The molecule has 7 nitrogen and oxygen atoms in total. The number of nitrogens with one attached hydrogen (secondary N) is 2. The lowest BCUT2D eigenvalue weighted by Crippen LogP contribution is -2.51. The second-order valence-corrected chi connectivity index (χ2v) is 5.98. The molecule has 0 aromatic carbocycles. The first-order valence-electron chi connectivity index (χ1n) is 7.48. The normalized spacial score (nSPS) is 20.4. The highest BCUT2D eigenvalue weighted by molar-refractivity contribution is 6.09. The quantitative estimate of drug-likeness (QED) is 0.815. The van der Waals surface area contributed by atoms with E-state index in [2.05, 4.69) is 10.7 Å². The summed E-state index contributed by atoms with van der Waals surface area (Å²) in [5, 5.41) is 3.55. The predicted molar refractivity (Wildman–Crippen MR) is 76.8 cm³/mol. The lowest BCUT2D eigenvalue weighted by molar-refractivity contribution is -0.134. The molecule has 22 heavy (non-hydrogen) atoms. The zero-order chi connectivity index (χ0) is 15.9. The van der Waals surface area contributed by atoms with Crippen molar-refractivity contribution in [2.24, 2.45) is 0 Å². The molecule has 1 spiro atoms. The van der Waals surface area contributed by atoms with Gasteiger partial charge in [-0.05, 0) is 32.8 Å². The molecule has 0 unspecified atom stereocenters. The SMILES string of the molecule is Cc1cc(C(=O)NN2C(=O)NC3(CCCCC3)C2=O)c(C)o1. The van der Waals surface area contributed by atoms with Crippen LogP contribution in [0.1, 0.15) is 54.0 Å². The van der Waals surface area contributed by atoms with Gasteiger partial charge in [-0.1, -0.05) is 19.3 Å². The molecule has 0 bridgehead atoms. The first-order chi connectivity index (χ1) is 10.4. The lowest BCUT2D eigenvalue weighted by atomic mass is 9.82. The van der Waals surface area contributed by atoms with Crippen LogP contribution in [0.3, 0.4) is 0 Å². The third-order valence-electron chi connectivity index (χ3n) is 4.37. The van der Waals surface area contributed by atoms with Gasteiger partial charge in [-0.25, -0.2) is 4.79 Å². The van der Waals surface area contributed by atoms with Crippen LogP contribution in [0.5, 0.6) is 0 Å². The summed E-state index contributed by atoms with van der Waals surface area (Å²) < 4.78 is 5.30. The molecule has 0 radical (unpaired) electrons. The molecule has 1 aliphatic carbocycles. The predicted octanol–water partition coefficient (Wildman–Crippen LogP) is 1.80. The molecule has 2 aliphatic rings. The van der Waals surface area contributed by atoms with Crippen LogP contribution in [0.4, 0.5) is 4.79 Å². The average Bonchev–Trinajstić information content (AvgIpc) is 2.92. The van der Waals surface area contributed by atoms with Gasteiger partial charge in [-0.3, -0.25) is 15.0 Å². The van der Waals surface area contributed by atoms with Crippen LogP contribution in [-0.2, 0) is 4.79 Å². The second-order valence-electron chi connectivity index (χ2n) is 5.98. The highest BCUT2D eigenvalue weighted by atomic mass is 16.3. The Kier molecular flexibility index (Phi) is 3.42. The Morgan fingerprint density at radius 1 is 1.27 bits per heavy atom. The van der Waals surface area contributed by atoms with Gasteiger partial charge in [0.2, 0.25) is 0 Å². The van der Waals surface area contributed by atoms with Crippen molar-refractivity contribution in [1.29, 1.82) is 0 Å². The average molecular weight is 305 g/mol. The fourth-order valence-electron chi connectivity index (χ4n) is 3.23. The van der Waals surface area contributed by atoms with Gasteiger partial charge >= 0.3 is 6.03 Å². The van der Waals surface area contributed by atoms with Crippen molar-refractivity contribution in [2.45, 2.75) is 51.5 Å². The van der Waals surface area contributed by atoms with Crippen LogP contribution in [-0.4, -0.2) is 28.4 Å². The third-order valence-corrected chi connectivity index (χ3v) is 4.37. The van der Waals surface area contributed by atoms with Gasteiger partial charge < -0.3 is 9.73 Å². The van der Waals surface area contributed by atoms with Crippen LogP contribution in [0.15, 0.2) is 10.5 Å². The Bertz CT molecular complexity index is 643. The Balaban J connectivity index is 1.78. The number of hydrogen-bond donors (Lipinski definition) is 2. The molecular weight excluding hydrogens is 286 g/mol. The van der Waals surface area contributed by atoms with E-state index in [9.17, 15) is 14.4 Å². The summed E-state index contributed by atoms with van der Waals surface area (Å²) in [6.45, 7) is 3.39. The number of nitrogens with zero attached hydrogens (tertiary/aromatic N) is 1. The Labute approximate surface area is 128 Å². The highest BCUT2D eigenvalue weighted by Crippen LogP contribution is 2.33. The monoisotopic (exact) mass is 305 g/mol. The standard InChI is InChI=1S/C15H19N3O4/c1-9-8-11(10(2)22-9)12(19)17-18-13(20)15(16-14(18)21)6-4-3-5-7-15/h8H,3-7H2,1-2H3,(H,16,21)(H,17,19). The van der Waals surface area contributed by atoms with E-state index in [1.807, 2.05) is 0 Å². The van der Waals surface area contributed by atoms with Crippen molar-refractivity contribution in [2.75, 3.05) is 0 Å². The molecule has 1 aliphatic heterocycles. The number of furan rings is 1. The number of hydrogen-bond acceptors (Lipinski definition) is 4. The van der Waals surface area contributed by atoms with E-state index in [4.69, 9.17) is 4.42 Å². The van der Waals surface area contributed by atoms with E-state index in [0.717, 1.165) is 24.3 Å². The van der Waals surface area contributed by atoms with Crippen LogP contribution in [0.2, 0.25) is 0 Å². The van der Waals surface area contributed by atoms with Crippen molar-refractivity contribution >= 4 is 17.8 Å². The topological polar surface area (TPSA) is 91.7 Å². The van der Waals surface area contributed by atoms with Gasteiger partial charge in [0.15, 0.2) is 0 Å². The first-order valence-corrected chi connectivity index (χ1v) is 7.48. The number of carbonyl (C=O) groups excluding carboxylic acids is 3. The van der Waals surface area contributed by atoms with Crippen molar-refractivity contribution in [3.8, 4) is 0 Å². The van der Waals surface area contributed by atoms with E-state index in [-0.39, 0.29) is 5.91 Å². The Morgan fingerprint density at radius 2 is 1.95 bits per heavy atom. The summed E-state index contributed by atoms with van der Waals surface area (Å²) in [5.74, 6) is 0.159. The van der Waals surface area contributed by atoms with Crippen molar-refractivity contribution in [3.63, 3.8) is 0 Å². The van der Waals surface area contributed by atoms with E-state index >= 15 is 0 Å². The number of urea groups is 1. The van der Waals surface area contributed by atoms with Gasteiger partial charge in [-0.15, -0.1) is 0 Å². The van der Waals surface area contributed by atoms with Crippen molar-refractivity contribution in [1.82, 2.24) is 15.8 Å². The highest BCUT2D eigenvalue weighted by Gasteiger charge is 2.52. The summed E-state index contributed by atoms with van der Waals surface area (Å²) in [7, 11) is 0. The molecule has 118 valence electrons. The summed E-state index contributed by atoms with van der Waals surface area (Å²) >= 11 is 0. The first kappa shape index (κ1) is 14.6. The van der Waals surface area contributed by atoms with Gasteiger partial charge in [0.05, 0.1) is 5.56 Å². The maximum atomic E-state index is 12.6. The summed E-state index contributed by atoms with van der Waals surface area (Å²) in [4.78, 5) is 36.9. The minimum atomic E-state index is -0.843. The molecule has 7 heteroatoms. The molecule has 3 rings (SSSR count). The molecule has 1 aromatic rings. The number of carbonyl (C=O) groups is 3. The minimum absolute atomic E-state index is 0.322. The Hall–Kier alpha value is -2.31. The van der Waals surface area contributed by atoms with E-state index < -0.39 is 17.5 Å². The maximum Gasteiger partial charge on any atom is 0.344 e. The third kappa shape index (κ3) is 2.26. The number of rotatable bonds is 2. The van der Waals surface area contributed by atoms with Crippen molar-refractivity contribution in [3.05, 3.63) is 23.2 Å². The molecule has 1 aromatic heterocycles. The maximum absolute atomic E-state index is 12.6. The number of imide groups is 1. The second kappa shape index (κ2) is 5.15. The molecule has 2 fully saturated rings. The number of amides is 4. The fourth-order valence-corrected chi connectivity index (χ4v) is 3.23. The fraction of sp³-hybridized carbons (Fsp3) is 0.533. The summed E-state index contributed by atoms with van der Waals surface area (Å²) in [6.07, 6.45) is 4.09. The molecule has 1 saturated carbocycles. The smallest absolute Gasteiger partial charge is 0.344 e. The van der Waals surface area contributed by atoms with Crippen LogP contribution < -0.4 is 10.7 Å². The molecule has 1 saturated heterocycles. The van der Waals surface area contributed by atoms with Crippen molar-refractivity contribution < 1.29 is 18.8 Å². The lowest BCUT2D eigenvalue weighted by Gasteiger charge is -2.30. The Morgan fingerprint density at radius 3 is 2.55 bits per heavy atom. The van der Waals surface area contributed by atoms with Gasteiger partial charge in [-0.2, -0.15) is 5.01 Å². The molecule has 2 heterocycles. The van der Waals surface area contributed by atoms with Gasteiger partial charge in [0.1, 0.15) is 17.1 Å². The van der Waals surface area contributed by atoms with Crippen LogP contribution >= 0.6 is 0 Å². The summed E-state index contributed by atoms with van der Waals surface area (Å²) in [5.41, 5.74) is 1.87. The van der Waals surface area contributed by atoms with Gasteiger partial charge in [0, 0.05) is 0 Å². The molecule has 2 N–H and O–H groups in total. The van der Waals surface area contributed by atoms with Crippen LogP contribution in [0.25, 0.3) is 0 Å². The molecule has 0 atom stereocenters. The van der Waals surface area contributed by atoms with Gasteiger partial charge in [0.25, 0.3) is 11.8 Å².